The molecule has 0 aromatic heterocycles. The Morgan fingerprint density at radius 2 is 0.726 bits per heavy atom. The fourth-order valence-electron chi connectivity index (χ4n) is 8.29. The van der Waals surface area contributed by atoms with Crippen molar-refractivity contribution in [1.29, 1.82) is 0 Å². The van der Waals surface area contributed by atoms with Gasteiger partial charge in [-0.25, -0.2) is 0 Å². The van der Waals surface area contributed by atoms with E-state index >= 15 is 0 Å². The van der Waals surface area contributed by atoms with Gasteiger partial charge in [0, 0.05) is 139 Å². The van der Waals surface area contributed by atoms with Gasteiger partial charge in [0.15, 0.2) is 0 Å². The van der Waals surface area contributed by atoms with E-state index in [1.807, 2.05) is 0 Å². The summed E-state index contributed by atoms with van der Waals surface area (Å²) in [4.78, 5) is 104. The van der Waals surface area contributed by atoms with Gasteiger partial charge in [-0.2, -0.15) is 0 Å². The first-order valence-corrected chi connectivity index (χ1v) is 30.9. The molecule has 0 aliphatic rings. The molecule has 0 saturated heterocycles. The second-order valence-electron chi connectivity index (χ2n) is 21.0. The van der Waals surface area contributed by atoms with Gasteiger partial charge < -0.3 is 85.5 Å². The van der Waals surface area contributed by atoms with Crippen LogP contribution in [0.3, 0.4) is 0 Å². The van der Waals surface area contributed by atoms with Gasteiger partial charge in [0.2, 0.25) is 47.3 Å². The number of ether oxygens (including phenoxy) is 8. The Balaban J connectivity index is 6.32. The lowest BCUT2D eigenvalue weighted by molar-refractivity contribution is -0.140. The van der Waals surface area contributed by atoms with Crippen molar-refractivity contribution in [3.05, 3.63) is 0 Å². The number of carbonyl (C=O) groups excluding carboxylic acids is 8. The Labute approximate surface area is 501 Å². The second-order valence-corrected chi connectivity index (χ2v) is 21.0. The number of rotatable bonds is 61. The molecule has 25 nitrogen and oxygen atoms in total. The zero-order chi connectivity index (χ0) is 62.0. The van der Waals surface area contributed by atoms with Crippen LogP contribution in [-0.2, 0) is 76.3 Å². The summed E-state index contributed by atoms with van der Waals surface area (Å²) in [5.74, 6) is -3.37. The monoisotopic (exact) mass is 1200 g/mol. The minimum atomic E-state index is -1.50. The van der Waals surface area contributed by atoms with E-state index < -0.39 is 29.4 Å². The summed E-state index contributed by atoms with van der Waals surface area (Å²) in [6.45, 7) is 5.66. The van der Waals surface area contributed by atoms with E-state index in [9.17, 15) is 43.5 Å². The number of aliphatic hydroxyl groups excluding tert-OH is 1. The Bertz CT molecular complexity index is 1570. The Hall–Kier alpha value is -4.60. The summed E-state index contributed by atoms with van der Waals surface area (Å²) >= 11 is 0. The number of aliphatic hydroxyl groups is 1. The van der Waals surface area contributed by atoms with E-state index in [4.69, 9.17) is 37.9 Å². The number of unbranched alkanes of at least 4 members (excludes halogenated alkanes) is 9. The van der Waals surface area contributed by atoms with Crippen LogP contribution in [-0.4, -0.2) is 218 Å². The smallest absolute Gasteiger partial charge is 0.233 e. The summed E-state index contributed by atoms with van der Waals surface area (Å²) < 4.78 is 44.0. The van der Waals surface area contributed by atoms with Gasteiger partial charge in [0.05, 0.1) is 52.9 Å². The lowest BCUT2D eigenvalue weighted by Gasteiger charge is -2.35. The first-order chi connectivity index (χ1) is 40.8. The van der Waals surface area contributed by atoms with Crippen molar-refractivity contribution in [2.45, 2.75) is 173 Å². The van der Waals surface area contributed by atoms with Gasteiger partial charge >= 0.3 is 0 Å². The van der Waals surface area contributed by atoms with Crippen LogP contribution in [0.2, 0.25) is 0 Å². The molecule has 0 fully saturated rings. The fraction of sp³-hybridized carbons (Fsp3) is 0.864. The van der Waals surface area contributed by atoms with E-state index in [0.717, 1.165) is 57.8 Å². The molecule has 0 aliphatic carbocycles. The molecule has 0 aliphatic heterocycles. The molecule has 2 unspecified atom stereocenters. The average molecular weight is 1210 g/mol. The van der Waals surface area contributed by atoms with E-state index in [0.29, 0.717) is 130 Å². The third kappa shape index (κ3) is 49.6. The van der Waals surface area contributed by atoms with Crippen LogP contribution in [0.5, 0.6) is 0 Å². The number of carbonyl (C=O) groups is 8. The first kappa shape index (κ1) is 79.4. The number of hydrogen-bond donors (Lipinski definition) is 9. The fourth-order valence-corrected chi connectivity index (χ4v) is 8.29. The molecule has 0 aromatic carbocycles. The third-order valence-electron chi connectivity index (χ3n) is 13.1. The Kier molecular flexibility index (Phi) is 54.3. The molecular formula is C59H112N8O17. The number of methoxy groups -OCH3 is 4. The van der Waals surface area contributed by atoms with Crippen molar-refractivity contribution < 1.29 is 81.4 Å². The maximum atomic E-state index is 14.7. The highest BCUT2D eigenvalue weighted by Gasteiger charge is 2.38. The van der Waals surface area contributed by atoms with E-state index in [-0.39, 0.29) is 127 Å². The summed E-state index contributed by atoms with van der Waals surface area (Å²) in [7, 11) is 6.33. The largest absolute Gasteiger partial charge is 0.388 e. The predicted molar refractivity (Wildman–Crippen MR) is 319 cm³/mol. The summed E-state index contributed by atoms with van der Waals surface area (Å²) in [6.07, 6.45) is 13.6. The highest BCUT2D eigenvalue weighted by molar-refractivity contribution is 6.00. The molecule has 0 heterocycles. The van der Waals surface area contributed by atoms with E-state index in [1.54, 1.807) is 21.3 Å². The third-order valence-corrected chi connectivity index (χ3v) is 13.1. The minimum Gasteiger partial charge on any atom is -0.388 e. The number of hydrogen-bond acceptors (Lipinski definition) is 17. The van der Waals surface area contributed by atoms with Crippen LogP contribution in [0.4, 0.5) is 0 Å². The zero-order valence-electron chi connectivity index (χ0n) is 52.0. The standard InChI is InChI=1S/C59H112N8O17/c1-6-7-8-9-10-11-12-23-50(57(75)66-36-22-40-81-45-49(68)44-80-5)58(76)67-59(46-82-41-27-54(72)63-33-19-30-60-51(69)24-13-16-37-77-2,47-83-42-28-55(73)64-34-20-31-61-52(70)25-14-17-38-78-3)48-84-43-29-56(74)65-35-21-32-62-53(71)26-15-18-39-79-4/h49-50,68H,6-48H2,1-5H3,(H,60,69)(H,61,70)(H,62,71)(H,63,72)(H,64,73)(H,65,74)(H,66,75)(H,67,76). The molecule has 2 atom stereocenters. The van der Waals surface area contributed by atoms with Gasteiger partial charge in [0.1, 0.15) is 17.6 Å². The molecule has 84 heavy (non-hydrogen) atoms. The summed E-state index contributed by atoms with van der Waals surface area (Å²) in [5.41, 5.74) is -1.50. The summed E-state index contributed by atoms with van der Waals surface area (Å²) in [6, 6.07) is 0. The lowest BCUT2D eigenvalue weighted by Crippen LogP contribution is -2.61. The van der Waals surface area contributed by atoms with Gasteiger partial charge in [-0.1, -0.05) is 51.9 Å². The quantitative estimate of drug-likeness (QED) is 0.0312. The minimum absolute atomic E-state index is 0.0492. The van der Waals surface area contributed by atoms with Crippen LogP contribution < -0.4 is 42.5 Å². The molecule has 0 aromatic rings. The molecule has 490 valence electrons. The molecular weight excluding hydrogens is 1090 g/mol. The zero-order valence-corrected chi connectivity index (χ0v) is 52.0. The molecule has 0 rings (SSSR count). The molecule has 25 heteroatoms. The Morgan fingerprint density at radius 3 is 1.11 bits per heavy atom. The van der Waals surface area contributed by atoms with E-state index in [1.165, 1.54) is 7.11 Å². The number of nitrogens with one attached hydrogen (secondary N) is 8. The highest BCUT2D eigenvalue weighted by Crippen LogP contribution is 2.18. The molecule has 0 bridgehead atoms. The SMILES string of the molecule is CCCCCCCCCC(C(=O)NCCCOCC(O)COC)C(=O)NC(COCCC(=O)NCCCNC(=O)CCCCOC)(COCCC(=O)NCCCNC(=O)CCCCOC)COCCC(=O)NCCCNC(=O)CCCCOC. The van der Waals surface area contributed by atoms with Gasteiger partial charge in [-0.05, 0) is 70.6 Å². The van der Waals surface area contributed by atoms with Crippen molar-refractivity contribution in [1.82, 2.24) is 42.5 Å². The van der Waals surface area contributed by atoms with Gasteiger partial charge in [0.25, 0.3) is 0 Å². The van der Waals surface area contributed by atoms with Crippen LogP contribution in [0, 0.1) is 5.92 Å². The topological polar surface area (TPSA) is 327 Å². The van der Waals surface area contributed by atoms with Crippen molar-refractivity contribution in [2.75, 3.05) is 154 Å². The van der Waals surface area contributed by atoms with Gasteiger partial charge in [-0.15, -0.1) is 0 Å². The molecule has 0 radical (unpaired) electrons. The van der Waals surface area contributed by atoms with Crippen molar-refractivity contribution in [3.8, 4) is 0 Å². The normalized spacial score (nSPS) is 12.0. The second kappa shape index (κ2) is 57.5. The average Bonchev–Trinajstić information content (AvgIpc) is 3.57. The van der Waals surface area contributed by atoms with Crippen LogP contribution in [0.25, 0.3) is 0 Å². The highest BCUT2D eigenvalue weighted by atomic mass is 16.5. The maximum Gasteiger partial charge on any atom is 0.233 e. The predicted octanol–water partition coefficient (Wildman–Crippen LogP) is 2.67. The first-order valence-electron chi connectivity index (χ1n) is 30.9. The number of amides is 8. The lowest BCUT2D eigenvalue weighted by atomic mass is 9.95. The van der Waals surface area contributed by atoms with Crippen molar-refractivity contribution >= 4 is 47.3 Å². The van der Waals surface area contributed by atoms with E-state index in [2.05, 4.69) is 49.5 Å². The molecule has 0 spiro atoms. The van der Waals surface area contributed by atoms with Crippen molar-refractivity contribution in [3.63, 3.8) is 0 Å². The van der Waals surface area contributed by atoms with Crippen LogP contribution in [0.1, 0.15) is 161 Å². The van der Waals surface area contributed by atoms with Crippen LogP contribution >= 0.6 is 0 Å². The summed E-state index contributed by atoms with van der Waals surface area (Å²) in [5, 5.41) is 32.9. The van der Waals surface area contributed by atoms with Gasteiger partial charge in [-0.3, -0.25) is 38.4 Å². The maximum absolute atomic E-state index is 14.7. The van der Waals surface area contributed by atoms with Crippen LogP contribution in [0.15, 0.2) is 0 Å². The molecule has 9 N–H and O–H groups in total. The molecule has 0 saturated carbocycles. The van der Waals surface area contributed by atoms with Crippen molar-refractivity contribution in [2.24, 2.45) is 5.92 Å². The Morgan fingerprint density at radius 1 is 0.357 bits per heavy atom. The molecule has 8 amide bonds.